The fourth-order valence-corrected chi connectivity index (χ4v) is 4.15. The highest BCUT2D eigenvalue weighted by molar-refractivity contribution is 6.31. The Hall–Kier alpha value is -2.90. The van der Waals surface area contributed by atoms with Gasteiger partial charge >= 0.3 is 0 Å². The summed E-state index contributed by atoms with van der Waals surface area (Å²) in [7, 11) is 0. The molecular formula is C23H27ClN6O. The van der Waals surface area contributed by atoms with Gasteiger partial charge < -0.3 is 20.9 Å². The minimum absolute atomic E-state index is 0.129. The lowest BCUT2D eigenvalue weighted by atomic mass is 10.0. The van der Waals surface area contributed by atoms with Crippen molar-refractivity contribution in [3.63, 3.8) is 0 Å². The van der Waals surface area contributed by atoms with Gasteiger partial charge in [-0.25, -0.2) is 9.97 Å². The summed E-state index contributed by atoms with van der Waals surface area (Å²) in [6.07, 6.45) is 5.36. The number of nitrogen functional groups attached to an aromatic ring is 1. The molecule has 0 radical (unpaired) electrons. The number of anilines is 1. The van der Waals surface area contributed by atoms with Gasteiger partial charge in [0.05, 0.1) is 22.6 Å². The summed E-state index contributed by atoms with van der Waals surface area (Å²) in [6, 6.07) is 9.22. The molecule has 0 unspecified atom stereocenters. The van der Waals surface area contributed by atoms with E-state index in [9.17, 15) is 4.79 Å². The van der Waals surface area contributed by atoms with Gasteiger partial charge in [0.2, 0.25) is 5.95 Å². The van der Waals surface area contributed by atoms with Gasteiger partial charge in [-0.2, -0.15) is 0 Å². The molecule has 4 rings (SSSR count). The number of hydrogen-bond donors (Lipinski definition) is 3. The molecule has 162 valence electrons. The summed E-state index contributed by atoms with van der Waals surface area (Å²) < 4.78 is 0. The Morgan fingerprint density at radius 1 is 1.23 bits per heavy atom. The lowest BCUT2D eigenvalue weighted by Gasteiger charge is -2.26. The zero-order valence-electron chi connectivity index (χ0n) is 17.6. The number of aromatic amines is 1. The van der Waals surface area contributed by atoms with Crippen LogP contribution in [0.25, 0.3) is 22.6 Å². The summed E-state index contributed by atoms with van der Waals surface area (Å²) in [5.41, 5.74) is 10.2. The molecule has 8 heteroatoms. The number of carbonyl (C=O) groups excluding carboxylic acids is 1. The molecule has 0 atom stereocenters. The van der Waals surface area contributed by atoms with E-state index in [2.05, 4.69) is 25.2 Å². The molecule has 1 amide bonds. The third-order valence-corrected chi connectivity index (χ3v) is 5.88. The number of amides is 1. The number of halogens is 1. The van der Waals surface area contributed by atoms with Crippen LogP contribution in [0.15, 0.2) is 36.5 Å². The van der Waals surface area contributed by atoms with E-state index in [-0.39, 0.29) is 11.9 Å². The topological polar surface area (TPSA) is 99.9 Å². The Morgan fingerprint density at radius 3 is 2.81 bits per heavy atom. The summed E-state index contributed by atoms with van der Waals surface area (Å²) in [6.45, 7) is 5.66. The van der Waals surface area contributed by atoms with Gasteiger partial charge in [-0.3, -0.25) is 4.79 Å². The number of aryl methyl sites for hydroxylation is 1. The number of nitrogens with zero attached hydrogens (tertiary/aromatic N) is 3. The summed E-state index contributed by atoms with van der Waals surface area (Å²) in [4.78, 5) is 27.1. The maximum absolute atomic E-state index is 13.1. The van der Waals surface area contributed by atoms with Gasteiger partial charge in [0.15, 0.2) is 0 Å². The standard InChI is InChI=1S/C23H27ClN6O/c1-15-5-6-16(24)13-17(15)21-18(14-20(28-21)19-7-8-27-23(25)29-19)22(31)26-9-12-30-10-3-2-4-11-30/h5-8,13-14,28H,2-4,9-12H2,1H3,(H,26,31)(H2,25,27,29). The molecule has 0 spiro atoms. The lowest BCUT2D eigenvalue weighted by molar-refractivity contribution is 0.0947. The van der Waals surface area contributed by atoms with E-state index in [1.54, 1.807) is 12.3 Å². The Bertz CT molecular complexity index is 1070. The number of rotatable bonds is 6. The third-order valence-electron chi connectivity index (χ3n) is 5.64. The summed E-state index contributed by atoms with van der Waals surface area (Å²) >= 11 is 6.26. The number of hydrogen-bond acceptors (Lipinski definition) is 5. The van der Waals surface area contributed by atoms with Crippen molar-refractivity contribution in [2.75, 3.05) is 31.9 Å². The van der Waals surface area contributed by atoms with E-state index in [4.69, 9.17) is 17.3 Å². The predicted molar refractivity (Wildman–Crippen MR) is 124 cm³/mol. The van der Waals surface area contributed by atoms with Crippen molar-refractivity contribution in [3.8, 4) is 22.6 Å². The first-order chi connectivity index (χ1) is 15.0. The first-order valence-electron chi connectivity index (χ1n) is 10.6. The number of aromatic nitrogens is 3. The second-order valence-electron chi connectivity index (χ2n) is 7.89. The molecule has 0 saturated carbocycles. The molecule has 0 bridgehead atoms. The fraction of sp³-hybridized carbons (Fsp3) is 0.348. The minimum Gasteiger partial charge on any atom is -0.368 e. The van der Waals surface area contributed by atoms with Crippen LogP contribution in [0.3, 0.4) is 0 Å². The molecule has 3 heterocycles. The van der Waals surface area contributed by atoms with E-state index < -0.39 is 0 Å². The molecule has 3 aromatic rings. The molecule has 4 N–H and O–H groups in total. The van der Waals surface area contributed by atoms with Crippen molar-refractivity contribution >= 4 is 23.5 Å². The Kier molecular flexibility index (Phi) is 6.53. The van der Waals surface area contributed by atoms with Crippen LogP contribution in [0.2, 0.25) is 5.02 Å². The van der Waals surface area contributed by atoms with Crippen molar-refractivity contribution in [2.45, 2.75) is 26.2 Å². The predicted octanol–water partition coefficient (Wildman–Crippen LogP) is 3.90. The van der Waals surface area contributed by atoms with E-state index in [1.165, 1.54) is 19.3 Å². The zero-order chi connectivity index (χ0) is 21.8. The fourth-order valence-electron chi connectivity index (χ4n) is 3.98. The Balaban J connectivity index is 1.62. The molecule has 0 aliphatic carbocycles. The first-order valence-corrected chi connectivity index (χ1v) is 11.0. The monoisotopic (exact) mass is 438 g/mol. The van der Waals surface area contributed by atoms with Crippen molar-refractivity contribution in [1.82, 2.24) is 25.2 Å². The Labute approximate surface area is 187 Å². The zero-order valence-corrected chi connectivity index (χ0v) is 18.4. The molecule has 7 nitrogen and oxygen atoms in total. The van der Waals surface area contributed by atoms with Gasteiger partial charge in [-0.1, -0.05) is 24.1 Å². The summed E-state index contributed by atoms with van der Waals surface area (Å²) in [5, 5.41) is 3.69. The van der Waals surface area contributed by atoms with Gasteiger partial charge in [-0.05, 0) is 62.7 Å². The quantitative estimate of drug-likeness (QED) is 0.542. The Morgan fingerprint density at radius 2 is 2.03 bits per heavy atom. The van der Waals surface area contributed by atoms with E-state index in [0.717, 1.165) is 30.8 Å². The minimum atomic E-state index is -0.129. The molecule has 2 aromatic heterocycles. The number of benzene rings is 1. The van der Waals surface area contributed by atoms with Crippen molar-refractivity contribution < 1.29 is 4.79 Å². The number of piperidine rings is 1. The molecular weight excluding hydrogens is 412 g/mol. The van der Waals surface area contributed by atoms with E-state index >= 15 is 0 Å². The van der Waals surface area contributed by atoms with Gasteiger partial charge in [0.25, 0.3) is 5.91 Å². The SMILES string of the molecule is Cc1ccc(Cl)cc1-c1[nH]c(-c2ccnc(N)n2)cc1C(=O)NCCN1CCCCC1. The number of carbonyl (C=O) groups is 1. The van der Waals surface area contributed by atoms with E-state index in [1.807, 2.05) is 31.2 Å². The highest BCUT2D eigenvalue weighted by Gasteiger charge is 2.20. The first kappa shape index (κ1) is 21.3. The van der Waals surface area contributed by atoms with Crippen molar-refractivity contribution in [3.05, 3.63) is 52.7 Å². The maximum atomic E-state index is 13.1. The van der Waals surface area contributed by atoms with Crippen LogP contribution in [0.4, 0.5) is 5.95 Å². The van der Waals surface area contributed by atoms with Crippen LogP contribution in [-0.4, -0.2) is 51.9 Å². The molecule has 1 aliphatic rings. The largest absolute Gasteiger partial charge is 0.368 e. The van der Waals surface area contributed by atoms with Gasteiger partial charge in [0.1, 0.15) is 0 Å². The average Bonchev–Trinajstić information content (AvgIpc) is 3.21. The highest BCUT2D eigenvalue weighted by atomic mass is 35.5. The van der Waals surface area contributed by atoms with Gasteiger partial charge in [0, 0.05) is 29.9 Å². The normalized spacial score (nSPS) is 14.5. The second-order valence-corrected chi connectivity index (χ2v) is 8.33. The van der Waals surface area contributed by atoms with E-state index in [0.29, 0.717) is 34.2 Å². The van der Waals surface area contributed by atoms with Crippen LogP contribution < -0.4 is 11.1 Å². The molecule has 1 aromatic carbocycles. The van der Waals surface area contributed by atoms with Crippen molar-refractivity contribution in [1.29, 1.82) is 0 Å². The number of H-pyrrole nitrogens is 1. The number of nitrogens with two attached hydrogens (primary N) is 1. The smallest absolute Gasteiger partial charge is 0.253 e. The molecule has 1 aliphatic heterocycles. The van der Waals surface area contributed by atoms with Crippen LogP contribution in [-0.2, 0) is 0 Å². The highest BCUT2D eigenvalue weighted by Crippen LogP contribution is 2.32. The number of nitrogens with one attached hydrogen (secondary N) is 2. The van der Waals surface area contributed by atoms with Crippen molar-refractivity contribution in [2.24, 2.45) is 0 Å². The van der Waals surface area contributed by atoms with Crippen LogP contribution in [0, 0.1) is 6.92 Å². The van der Waals surface area contributed by atoms with Crippen LogP contribution in [0.5, 0.6) is 0 Å². The lowest BCUT2D eigenvalue weighted by Crippen LogP contribution is -2.37. The molecule has 1 saturated heterocycles. The third kappa shape index (κ3) is 5.06. The average molecular weight is 439 g/mol. The van der Waals surface area contributed by atoms with Gasteiger partial charge in [-0.15, -0.1) is 0 Å². The summed E-state index contributed by atoms with van der Waals surface area (Å²) in [5.74, 6) is 0.0519. The molecule has 31 heavy (non-hydrogen) atoms. The second kappa shape index (κ2) is 9.49. The number of likely N-dealkylation sites (tertiary alicyclic amines) is 1. The van der Waals surface area contributed by atoms with Crippen LogP contribution in [0.1, 0.15) is 35.2 Å². The molecule has 1 fully saturated rings. The van der Waals surface area contributed by atoms with Crippen LogP contribution >= 0.6 is 11.6 Å². The maximum Gasteiger partial charge on any atom is 0.253 e.